The smallest absolute Gasteiger partial charge is 0.306 e. The molecule has 0 bridgehead atoms. The molecule has 0 N–H and O–H groups in total. The van der Waals surface area contributed by atoms with Crippen molar-refractivity contribution in [3.05, 3.63) is 12.2 Å². The zero-order valence-corrected chi connectivity index (χ0v) is 7.58. The van der Waals surface area contributed by atoms with Crippen LogP contribution in [0.5, 0.6) is 0 Å². The molecule has 0 aromatic carbocycles. The van der Waals surface area contributed by atoms with Gasteiger partial charge >= 0.3 is 5.97 Å². The molecule has 0 spiro atoms. The van der Waals surface area contributed by atoms with E-state index in [4.69, 9.17) is 4.74 Å². The Morgan fingerprint density at radius 1 is 1.42 bits per heavy atom. The van der Waals surface area contributed by atoms with Gasteiger partial charge in [-0.25, -0.2) is 0 Å². The number of rotatable bonds is 0. The normalized spacial score (nSPS) is 29.1. The van der Waals surface area contributed by atoms with Gasteiger partial charge in [-0.3, -0.25) is 4.79 Å². The van der Waals surface area contributed by atoms with Crippen LogP contribution in [0, 0.1) is 0 Å². The van der Waals surface area contributed by atoms with Gasteiger partial charge in [-0.2, -0.15) is 0 Å². The highest BCUT2D eigenvalue weighted by molar-refractivity contribution is 5.69. The standard InChI is InChI=1S/C10H16O2/c1-9-7-5-3-2-4-6-8-10(11)12-9/h2-3,9H,4-8H2,1H3/b3-2+. The zero-order chi connectivity index (χ0) is 8.81. The predicted octanol–water partition coefficient (Wildman–Crippen LogP) is 2.44. The van der Waals surface area contributed by atoms with Crippen LogP contribution in [0.4, 0.5) is 0 Å². The highest BCUT2D eigenvalue weighted by Crippen LogP contribution is 2.09. The van der Waals surface area contributed by atoms with Crippen molar-refractivity contribution in [3.8, 4) is 0 Å². The number of carbonyl (C=O) groups excluding carboxylic acids is 1. The SMILES string of the molecule is CC1CC/C=C/CCCC(=O)O1. The van der Waals surface area contributed by atoms with Crippen molar-refractivity contribution in [2.24, 2.45) is 0 Å². The van der Waals surface area contributed by atoms with Gasteiger partial charge in [0.1, 0.15) is 0 Å². The third-order valence-corrected chi connectivity index (χ3v) is 1.99. The molecule has 0 amide bonds. The third kappa shape index (κ3) is 3.56. The van der Waals surface area contributed by atoms with Crippen molar-refractivity contribution in [1.82, 2.24) is 0 Å². The van der Waals surface area contributed by atoms with Gasteiger partial charge in [-0.1, -0.05) is 12.2 Å². The van der Waals surface area contributed by atoms with E-state index in [1.807, 2.05) is 6.92 Å². The van der Waals surface area contributed by atoms with Gasteiger partial charge in [-0.05, 0) is 32.6 Å². The minimum absolute atomic E-state index is 0.0437. The van der Waals surface area contributed by atoms with Crippen molar-refractivity contribution in [3.63, 3.8) is 0 Å². The van der Waals surface area contributed by atoms with Crippen LogP contribution in [-0.4, -0.2) is 12.1 Å². The molecule has 1 aliphatic heterocycles. The fourth-order valence-corrected chi connectivity index (χ4v) is 1.27. The molecule has 1 atom stereocenters. The molecule has 1 unspecified atom stereocenters. The summed E-state index contributed by atoms with van der Waals surface area (Å²) >= 11 is 0. The largest absolute Gasteiger partial charge is 0.463 e. The summed E-state index contributed by atoms with van der Waals surface area (Å²) in [5.74, 6) is -0.0437. The summed E-state index contributed by atoms with van der Waals surface area (Å²) in [6.45, 7) is 1.95. The van der Waals surface area contributed by atoms with Gasteiger partial charge in [0.15, 0.2) is 0 Å². The van der Waals surface area contributed by atoms with Crippen LogP contribution in [0.1, 0.15) is 39.0 Å². The number of hydrogen-bond donors (Lipinski definition) is 0. The predicted molar refractivity (Wildman–Crippen MR) is 47.8 cm³/mol. The molecule has 0 saturated carbocycles. The lowest BCUT2D eigenvalue weighted by Gasteiger charge is -2.12. The molecule has 0 radical (unpaired) electrons. The second-order valence-electron chi connectivity index (χ2n) is 3.24. The summed E-state index contributed by atoms with van der Waals surface area (Å²) < 4.78 is 5.15. The molecule has 2 nitrogen and oxygen atoms in total. The van der Waals surface area contributed by atoms with Crippen LogP contribution in [0.2, 0.25) is 0 Å². The lowest BCUT2D eigenvalue weighted by atomic mass is 10.1. The summed E-state index contributed by atoms with van der Waals surface area (Å²) in [6.07, 6.45) is 8.87. The average Bonchev–Trinajstić information content (AvgIpc) is 2.02. The molecule has 68 valence electrons. The lowest BCUT2D eigenvalue weighted by molar-refractivity contribution is -0.148. The van der Waals surface area contributed by atoms with E-state index in [9.17, 15) is 4.79 Å². The first-order valence-electron chi connectivity index (χ1n) is 4.63. The van der Waals surface area contributed by atoms with Crippen molar-refractivity contribution in [1.29, 1.82) is 0 Å². The molecule has 2 heteroatoms. The summed E-state index contributed by atoms with van der Waals surface area (Å²) in [6, 6.07) is 0. The molecular weight excluding hydrogens is 152 g/mol. The van der Waals surface area contributed by atoms with Gasteiger partial charge < -0.3 is 4.74 Å². The Hall–Kier alpha value is -0.790. The molecular formula is C10H16O2. The molecule has 0 aromatic heterocycles. The lowest BCUT2D eigenvalue weighted by Crippen LogP contribution is -2.14. The van der Waals surface area contributed by atoms with Crippen LogP contribution >= 0.6 is 0 Å². The van der Waals surface area contributed by atoms with E-state index in [2.05, 4.69) is 12.2 Å². The number of ether oxygens (including phenoxy) is 1. The Kier molecular flexibility index (Phi) is 3.85. The Morgan fingerprint density at radius 2 is 2.17 bits per heavy atom. The second-order valence-corrected chi connectivity index (χ2v) is 3.24. The molecule has 0 fully saturated rings. The Morgan fingerprint density at radius 3 is 3.00 bits per heavy atom. The van der Waals surface area contributed by atoms with Crippen LogP contribution < -0.4 is 0 Å². The van der Waals surface area contributed by atoms with Crippen molar-refractivity contribution < 1.29 is 9.53 Å². The van der Waals surface area contributed by atoms with Gasteiger partial charge in [0.25, 0.3) is 0 Å². The van der Waals surface area contributed by atoms with E-state index in [1.165, 1.54) is 0 Å². The van der Waals surface area contributed by atoms with Crippen LogP contribution in [-0.2, 0) is 9.53 Å². The van der Waals surface area contributed by atoms with Crippen molar-refractivity contribution >= 4 is 5.97 Å². The molecule has 12 heavy (non-hydrogen) atoms. The number of carbonyl (C=O) groups is 1. The highest BCUT2D eigenvalue weighted by Gasteiger charge is 2.08. The van der Waals surface area contributed by atoms with Crippen LogP contribution in [0.25, 0.3) is 0 Å². The maximum atomic E-state index is 11.1. The molecule has 1 aliphatic rings. The van der Waals surface area contributed by atoms with Gasteiger partial charge in [0, 0.05) is 6.42 Å². The summed E-state index contributed by atoms with van der Waals surface area (Å²) in [5, 5.41) is 0. The summed E-state index contributed by atoms with van der Waals surface area (Å²) in [5.41, 5.74) is 0. The van der Waals surface area contributed by atoms with Crippen LogP contribution in [0.15, 0.2) is 12.2 Å². The highest BCUT2D eigenvalue weighted by atomic mass is 16.5. The fourth-order valence-electron chi connectivity index (χ4n) is 1.27. The maximum Gasteiger partial charge on any atom is 0.306 e. The maximum absolute atomic E-state index is 11.1. The first-order chi connectivity index (χ1) is 5.79. The fraction of sp³-hybridized carbons (Fsp3) is 0.700. The molecule has 0 aliphatic carbocycles. The summed E-state index contributed by atoms with van der Waals surface area (Å²) in [7, 11) is 0. The number of hydrogen-bond acceptors (Lipinski definition) is 2. The van der Waals surface area contributed by atoms with Crippen LogP contribution in [0.3, 0.4) is 0 Å². The molecule has 1 heterocycles. The third-order valence-electron chi connectivity index (χ3n) is 1.99. The first kappa shape index (κ1) is 9.30. The minimum atomic E-state index is -0.0437. The minimum Gasteiger partial charge on any atom is -0.463 e. The second kappa shape index (κ2) is 4.96. The summed E-state index contributed by atoms with van der Waals surface area (Å²) in [4.78, 5) is 11.1. The number of allylic oxidation sites excluding steroid dienone is 2. The molecule has 0 aromatic rings. The van der Waals surface area contributed by atoms with E-state index < -0.39 is 0 Å². The molecule has 0 saturated heterocycles. The number of esters is 1. The average molecular weight is 168 g/mol. The van der Waals surface area contributed by atoms with E-state index in [0.717, 1.165) is 25.7 Å². The zero-order valence-electron chi connectivity index (χ0n) is 7.58. The first-order valence-corrected chi connectivity index (χ1v) is 4.63. The van der Waals surface area contributed by atoms with Gasteiger partial charge in [0.2, 0.25) is 0 Å². The van der Waals surface area contributed by atoms with Gasteiger partial charge in [0.05, 0.1) is 6.10 Å². The van der Waals surface area contributed by atoms with E-state index >= 15 is 0 Å². The van der Waals surface area contributed by atoms with E-state index in [-0.39, 0.29) is 12.1 Å². The van der Waals surface area contributed by atoms with E-state index in [1.54, 1.807) is 0 Å². The Balaban J connectivity index is 2.40. The van der Waals surface area contributed by atoms with Crippen molar-refractivity contribution in [2.45, 2.75) is 45.1 Å². The molecule has 1 rings (SSSR count). The Bertz CT molecular complexity index is 173. The monoisotopic (exact) mass is 168 g/mol. The van der Waals surface area contributed by atoms with E-state index in [0.29, 0.717) is 6.42 Å². The number of cyclic esters (lactones) is 1. The Labute approximate surface area is 73.6 Å². The quantitative estimate of drug-likeness (QED) is 0.410. The topological polar surface area (TPSA) is 26.3 Å². The van der Waals surface area contributed by atoms with Crippen molar-refractivity contribution in [2.75, 3.05) is 0 Å². The van der Waals surface area contributed by atoms with Gasteiger partial charge in [-0.15, -0.1) is 0 Å².